The fourth-order valence-corrected chi connectivity index (χ4v) is 4.66. The quantitative estimate of drug-likeness (QED) is 0.760. The highest BCUT2D eigenvalue weighted by Crippen LogP contribution is 2.50. The molecular weight excluding hydrogens is 338 g/mol. The number of hydrogen-bond donors (Lipinski definition) is 0. The van der Waals surface area contributed by atoms with Gasteiger partial charge in [-0.1, -0.05) is 60.7 Å². The van der Waals surface area contributed by atoms with Gasteiger partial charge in [-0.3, -0.25) is 4.79 Å². The van der Waals surface area contributed by atoms with E-state index in [1.807, 2.05) is 67.3 Å². The monoisotopic (exact) mass is 361 g/mol. The minimum absolute atomic E-state index is 0.0891. The number of para-hydroxylation sites is 1. The zero-order valence-electron chi connectivity index (χ0n) is 15.6. The molecule has 1 amide bonds. The van der Waals surface area contributed by atoms with E-state index < -0.39 is 11.2 Å². The van der Waals surface area contributed by atoms with E-state index in [4.69, 9.17) is 9.47 Å². The van der Waals surface area contributed by atoms with Crippen LogP contribution in [0, 0.1) is 0 Å². The lowest BCUT2D eigenvalue weighted by molar-refractivity contribution is -0.145. The molecule has 1 saturated heterocycles. The second-order valence-electron chi connectivity index (χ2n) is 8.07. The highest BCUT2D eigenvalue weighted by molar-refractivity contribution is 6.09. The van der Waals surface area contributed by atoms with E-state index in [-0.39, 0.29) is 18.1 Å². The molecule has 0 saturated carbocycles. The van der Waals surface area contributed by atoms with Crippen LogP contribution in [0.25, 0.3) is 0 Å². The molecule has 1 aliphatic carbocycles. The Balaban J connectivity index is 1.55. The average Bonchev–Trinajstić information content (AvgIpc) is 3.09. The molecule has 0 unspecified atom stereocenters. The number of rotatable bonds is 2. The van der Waals surface area contributed by atoms with Gasteiger partial charge in [-0.25, -0.2) is 0 Å². The molecule has 138 valence electrons. The Morgan fingerprint density at radius 3 is 2.59 bits per heavy atom. The second-order valence-corrected chi connectivity index (χ2v) is 8.07. The highest BCUT2D eigenvalue weighted by atomic mass is 16.7. The van der Waals surface area contributed by atoms with Gasteiger partial charge < -0.3 is 14.4 Å². The summed E-state index contributed by atoms with van der Waals surface area (Å²) in [4.78, 5) is 15.6. The normalized spacial score (nSPS) is 30.6. The van der Waals surface area contributed by atoms with Crippen LogP contribution in [0.2, 0.25) is 0 Å². The molecule has 4 nitrogen and oxygen atoms in total. The molecule has 3 aliphatic rings. The Kier molecular flexibility index (Phi) is 3.58. The summed E-state index contributed by atoms with van der Waals surface area (Å²) in [5.41, 5.74) is 2.51. The van der Waals surface area contributed by atoms with Gasteiger partial charge in [-0.15, -0.1) is 0 Å². The van der Waals surface area contributed by atoms with Crippen molar-refractivity contribution in [3.8, 4) is 0 Å². The molecule has 4 heteroatoms. The number of ether oxygens (including phenoxy) is 2. The van der Waals surface area contributed by atoms with Crippen LogP contribution in [0.4, 0.5) is 5.69 Å². The van der Waals surface area contributed by atoms with Crippen LogP contribution < -0.4 is 4.90 Å². The minimum atomic E-state index is -0.670. The fourth-order valence-electron chi connectivity index (χ4n) is 4.66. The molecule has 1 fully saturated rings. The number of anilines is 1. The van der Waals surface area contributed by atoms with Gasteiger partial charge in [0.2, 0.25) is 5.91 Å². The van der Waals surface area contributed by atoms with Crippen molar-refractivity contribution < 1.29 is 14.3 Å². The average molecular weight is 361 g/mol. The van der Waals surface area contributed by atoms with E-state index in [9.17, 15) is 4.79 Å². The van der Waals surface area contributed by atoms with E-state index in [0.717, 1.165) is 16.8 Å². The molecule has 1 spiro atoms. The van der Waals surface area contributed by atoms with Crippen LogP contribution in [0.15, 0.2) is 66.7 Å². The third kappa shape index (κ3) is 2.55. The number of amides is 1. The Hall–Kier alpha value is -2.43. The minimum Gasteiger partial charge on any atom is -0.344 e. The van der Waals surface area contributed by atoms with Gasteiger partial charge in [0.25, 0.3) is 0 Å². The predicted octanol–water partition coefficient (Wildman–Crippen LogP) is 3.95. The van der Waals surface area contributed by atoms with Crippen molar-refractivity contribution in [3.63, 3.8) is 0 Å². The van der Waals surface area contributed by atoms with Gasteiger partial charge in [-0.2, -0.15) is 0 Å². The summed E-state index contributed by atoms with van der Waals surface area (Å²) in [7, 11) is 0. The third-order valence-corrected chi connectivity index (χ3v) is 5.80. The first-order chi connectivity index (χ1) is 13.0. The number of fused-ring (bicyclic) bond motifs is 3. The Labute approximate surface area is 159 Å². The maximum Gasteiger partial charge on any atom is 0.241 e. The van der Waals surface area contributed by atoms with Crippen molar-refractivity contribution in [1.29, 1.82) is 0 Å². The van der Waals surface area contributed by atoms with Crippen LogP contribution in [0.5, 0.6) is 0 Å². The molecule has 5 rings (SSSR count). The molecule has 27 heavy (non-hydrogen) atoms. The second kappa shape index (κ2) is 5.78. The first kappa shape index (κ1) is 16.7. The van der Waals surface area contributed by atoms with Crippen LogP contribution >= 0.6 is 0 Å². The molecular formula is C23H23NO3. The van der Waals surface area contributed by atoms with Crippen LogP contribution in [-0.2, 0) is 26.2 Å². The van der Waals surface area contributed by atoms with Crippen molar-refractivity contribution in [1.82, 2.24) is 0 Å². The molecule has 0 aromatic heterocycles. The summed E-state index contributed by atoms with van der Waals surface area (Å²) in [6.45, 7) is 4.43. The lowest BCUT2D eigenvalue weighted by atomic mass is 9.72. The predicted molar refractivity (Wildman–Crippen MR) is 103 cm³/mol. The van der Waals surface area contributed by atoms with E-state index >= 15 is 0 Å². The summed E-state index contributed by atoms with van der Waals surface area (Å²) >= 11 is 0. The van der Waals surface area contributed by atoms with Gasteiger partial charge in [0.05, 0.1) is 18.1 Å². The van der Waals surface area contributed by atoms with Crippen LogP contribution in [0.1, 0.15) is 31.4 Å². The highest BCUT2D eigenvalue weighted by Gasteiger charge is 2.55. The molecule has 3 atom stereocenters. The number of carbonyl (C=O) groups excluding carboxylic acids is 1. The number of benzene rings is 2. The third-order valence-electron chi connectivity index (χ3n) is 5.80. The van der Waals surface area contributed by atoms with Gasteiger partial charge in [0.1, 0.15) is 6.10 Å². The standard InChI is InChI=1S/C23H23NO3/c1-22(2)26-19-12-13-23(14-20(19)27-22)17-10-6-7-11-18(17)24(21(23)25)15-16-8-4-3-5-9-16/h3-13,19-20H,14-15H2,1-2H3/t19-,20-,23+/m1/s1. The lowest BCUT2D eigenvalue weighted by Crippen LogP contribution is -2.45. The van der Waals surface area contributed by atoms with E-state index in [1.165, 1.54) is 0 Å². The summed E-state index contributed by atoms with van der Waals surface area (Å²) in [5, 5.41) is 0. The maximum atomic E-state index is 13.7. The first-order valence-corrected chi connectivity index (χ1v) is 9.49. The van der Waals surface area contributed by atoms with Crippen molar-refractivity contribution in [3.05, 3.63) is 77.9 Å². The summed E-state index contributed by atoms with van der Waals surface area (Å²) in [6.07, 6.45) is 4.47. The van der Waals surface area contributed by atoms with E-state index in [2.05, 4.69) is 18.2 Å². The SMILES string of the molecule is CC1(C)O[C@@H]2C=C[C@@]3(C[C@H]2O1)C(=O)N(Cc1ccccc1)c1ccccc13. The molecule has 0 radical (unpaired) electrons. The molecule has 2 heterocycles. The summed E-state index contributed by atoms with van der Waals surface area (Å²) in [5.74, 6) is -0.494. The fraction of sp³-hybridized carbons (Fsp3) is 0.348. The van der Waals surface area contributed by atoms with Crippen LogP contribution in [0.3, 0.4) is 0 Å². The smallest absolute Gasteiger partial charge is 0.241 e. The van der Waals surface area contributed by atoms with E-state index in [0.29, 0.717) is 13.0 Å². The van der Waals surface area contributed by atoms with Crippen molar-refractivity contribution >= 4 is 11.6 Å². The van der Waals surface area contributed by atoms with Gasteiger partial charge in [0, 0.05) is 5.69 Å². The van der Waals surface area contributed by atoms with Gasteiger partial charge in [0.15, 0.2) is 5.79 Å². The summed E-state index contributed by atoms with van der Waals surface area (Å²) < 4.78 is 12.1. The molecule has 0 N–H and O–H groups in total. The Morgan fingerprint density at radius 2 is 1.78 bits per heavy atom. The molecule has 2 aliphatic heterocycles. The zero-order valence-corrected chi connectivity index (χ0v) is 15.6. The molecule has 0 bridgehead atoms. The lowest BCUT2D eigenvalue weighted by Gasteiger charge is -2.33. The number of hydrogen-bond acceptors (Lipinski definition) is 3. The molecule has 2 aromatic carbocycles. The topological polar surface area (TPSA) is 38.8 Å². The van der Waals surface area contributed by atoms with Crippen molar-refractivity contribution in [2.24, 2.45) is 0 Å². The number of carbonyl (C=O) groups is 1. The zero-order chi connectivity index (χ0) is 18.6. The van der Waals surface area contributed by atoms with Crippen LogP contribution in [-0.4, -0.2) is 23.9 Å². The first-order valence-electron chi connectivity index (χ1n) is 9.49. The van der Waals surface area contributed by atoms with Gasteiger partial charge >= 0.3 is 0 Å². The van der Waals surface area contributed by atoms with Crippen molar-refractivity contribution in [2.45, 2.75) is 50.2 Å². The maximum absolute atomic E-state index is 13.7. The summed E-state index contributed by atoms with van der Waals surface area (Å²) in [6, 6.07) is 18.3. The van der Waals surface area contributed by atoms with E-state index in [1.54, 1.807) is 0 Å². The Morgan fingerprint density at radius 1 is 1.04 bits per heavy atom. The van der Waals surface area contributed by atoms with Gasteiger partial charge in [-0.05, 0) is 37.5 Å². The number of nitrogens with zero attached hydrogens (tertiary/aromatic N) is 1. The largest absolute Gasteiger partial charge is 0.344 e. The molecule has 2 aromatic rings. The van der Waals surface area contributed by atoms with Crippen molar-refractivity contribution in [2.75, 3.05) is 4.90 Å². The Bertz CT molecular complexity index is 920.